The highest BCUT2D eigenvalue weighted by Crippen LogP contribution is 2.35. The molecule has 1 amide bonds. The number of carbonyl (C=O) groups is 1. The molecule has 0 saturated heterocycles. The van der Waals surface area contributed by atoms with Crippen LogP contribution in [-0.4, -0.2) is 39.8 Å². The molecule has 0 aromatic heterocycles. The molecule has 0 saturated carbocycles. The van der Waals surface area contributed by atoms with Gasteiger partial charge in [-0.25, -0.2) is 8.42 Å². The number of nitrogens with two attached hydrogens (primary N) is 1. The summed E-state index contributed by atoms with van der Waals surface area (Å²) in [5, 5.41) is 0. The number of benzene rings is 1. The summed E-state index contributed by atoms with van der Waals surface area (Å²) in [7, 11) is -3.65. The van der Waals surface area contributed by atoms with E-state index in [1.807, 2.05) is 0 Å². The first-order chi connectivity index (χ1) is 9.30. The van der Waals surface area contributed by atoms with E-state index in [1.54, 1.807) is 12.1 Å². The number of ether oxygens (including phenoxy) is 2. The van der Waals surface area contributed by atoms with Crippen molar-refractivity contribution in [3.63, 3.8) is 0 Å². The highest BCUT2D eigenvalue weighted by atomic mass is 32.2. The number of carbonyl (C=O) groups excluding carboxylic acids is 1. The van der Waals surface area contributed by atoms with Crippen LogP contribution in [0.25, 0.3) is 0 Å². The van der Waals surface area contributed by atoms with E-state index in [9.17, 15) is 13.2 Å². The van der Waals surface area contributed by atoms with E-state index < -0.39 is 22.0 Å². The maximum Gasteiger partial charge on any atom is 0.241 e. The molecular formula is C12H16N2O5S. The van der Waals surface area contributed by atoms with Crippen LogP contribution >= 0.6 is 0 Å². The summed E-state index contributed by atoms with van der Waals surface area (Å²) in [5.41, 5.74) is 5.52. The first-order valence-electron chi connectivity index (χ1n) is 5.99. The van der Waals surface area contributed by atoms with Gasteiger partial charge < -0.3 is 15.2 Å². The molecule has 0 radical (unpaired) electrons. The van der Waals surface area contributed by atoms with Crippen molar-refractivity contribution in [2.24, 2.45) is 5.73 Å². The van der Waals surface area contributed by atoms with Crippen molar-refractivity contribution in [1.82, 2.24) is 0 Å². The standard InChI is InChI=1S/C12H16N2O5S/c1-8(12(13)15)14(20(2,16)17)9-3-4-10-11(7-9)19-6-5-18-10/h3-4,7-8H,5-6H2,1-2H3,(H2,13,15)/t8-/m0/s1. The average molecular weight is 300 g/mol. The summed E-state index contributed by atoms with van der Waals surface area (Å²) < 4.78 is 35.5. The molecule has 2 N–H and O–H groups in total. The fourth-order valence-corrected chi connectivity index (χ4v) is 3.16. The van der Waals surface area contributed by atoms with E-state index in [4.69, 9.17) is 15.2 Å². The van der Waals surface area contributed by atoms with E-state index in [1.165, 1.54) is 13.0 Å². The summed E-state index contributed by atoms with van der Waals surface area (Å²) in [6.07, 6.45) is 1.02. The SMILES string of the molecule is C[C@@H](C(N)=O)N(c1ccc2c(c1)OCCO2)S(C)(=O)=O. The average Bonchev–Trinajstić information content (AvgIpc) is 2.37. The maximum absolute atomic E-state index is 11.9. The van der Waals surface area contributed by atoms with Crippen molar-refractivity contribution < 1.29 is 22.7 Å². The van der Waals surface area contributed by atoms with E-state index in [-0.39, 0.29) is 0 Å². The molecule has 0 bridgehead atoms. The Labute approximate surface area is 117 Å². The third kappa shape index (κ3) is 2.79. The minimum Gasteiger partial charge on any atom is -0.486 e. The Kier molecular flexibility index (Phi) is 3.76. The Bertz CT molecular complexity index is 629. The van der Waals surface area contributed by atoms with Gasteiger partial charge in [-0.3, -0.25) is 9.10 Å². The van der Waals surface area contributed by atoms with Crippen LogP contribution in [0.15, 0.2) is 18.2 Å². The fraction of sp³-hybridized carbons (Fsp3) is 0.417. The minimum absolute atomic E-state index is 0.308. The summed E-state index contributed by atoms with van der Waals surface area (Å²) in [5.74, 6) is 0.254. The third-order valence-corrected chi connectivity index (χ3v) is 4.14. The molecule has 1 atom stereocenters. The number of hydrogen-bond donors (Lipinski definition) is 1. The lowest BCUT2D eigenvalue weighted by Crippen LogP contribution is -2.45. The Morgan fingerprint density at radius 1 is 1.30 bits per heavy atom. The zero-order valence-electron chi connectivity index (χ0n) is 11.2. The lowest BCUT2D eigenvalue weighted by Gasteiger charge is -2.28. The number of sulfonamides is 1. The van der Waals surface area contributed by atoms with Crippen LogP contribution in [0.2, 0.25) is 0 Å². The van der Waals surface area contributed by atoms with E-state index >= 15 is 0 Å². The van der Waals surface area contributed by atoms with Gasteiger partial charge in [0.2, 0.25) is 15.9 Å². The monoisotopic (exact) mass is 300 g/mol. The van der Waals surface area contributed by atoms with Crippen molar-refractivity contribution >= 4 is 21.6 Å². The van der Waals surface area contributed by atoms with E-state index in [0.29, 0.717) is 30.4 Å². The molecule has 0 unspecified atom stereocenters. The van der Waals surface area contributed by atoms with Crippen molar-refractivity contribution in [2.45, 2.75) is 13.0 Å². The van der Waals surface area contributed by atoms with Crippen LogP contribution in [0, 0.1) is 0 Å². The van der Waals surface area contributed by atoms with Gasteiger partial charge >= 0.3 is 0 Å². The van der Waals surface area contributed by atoms with E-state index in [0.717, 1.165) is 10.6 Å². The molecule has 7 nitrogen and oxygen atoms in total. The third-order valence-electron chi connectivity index (χ3n) is 2.90. The molecule has 110 valence electrons. The van der Waals surface area contributed by atoms with Crippen molar-refractivity contribution in [3.05, 3.63) is 18.2 Å². The zero-order chi connectivity index (χ0) is 14.9. The highest BCUT2D eigenvalue weighted by molar-refractivity contribution is 7.92. The normalized spacial score (nSPS) is 15.5. The summed E-state index contributed by atoms with van der Waals surface area (Å²) in [4.78, 5) is 11.3. The number of rotatable bonds is 4. The highest BCUT2D eigenvalue weighted by Gasteiger charge is 2.28. The van der Waals surface area contributed by atoms with Crippen molar-refractivity contribution in [2.75, 3.05) is 23.8 Å². The largest absolute Gasteiger partial charge is 0.486 e. The van der Waals surface area contributed by atoms with Gasteiger partial charge in [0.15, 0.2) is 11.5 Å². The molecule has 1 aliphatic heterocycles. The second-order valence-electron chi connectivity index (χ2n) is 4.47. The molecule has 1 aromatic carbocycles. The first kappa shape index (κ1) is 14.4. The summed E-state index contributed by atoms with van der Waals surface area (Å²) in [6.45, 7) is 2.26. The smallest absolute Gasteiger partial charge is 0.241 e. The summed E-state index contributed by atoms with van der Waals surface area (Å²) >= 11 is 0. The minimum atomic E-state index is -3.65. The Morgan fingerprint density at radius 2 is 1.90 bits per heavy atom. The quantitative estimate of drug-likeness (QED) is 0.850. The van der Waals surface area contributed by atoms with Gasteiger partial charge in [-0.15, -0.1) is 0 Å². The second-order valence-corrected chi connectivity index (χ2v) is 6.32. The summed E-state index contributed by atoms with van der Waals surface area (Å²) in [6, 6.07) is 3.69. The van der Waals surface area contributed by atoms with Gasteiger partial charge in [-0.2, -0.15) is 0 Å². The molecule has 0 aliphatic carbocycles. The lowest BCUT2D eigenvalue weighted by molar-refractivity contribution is -0.118. The number of primary amides is 1. The zero-order valence-corrected chi connectivity index (χ0v) is 12.0. The molecule has 1 aliphatic rings. The topological polar surface area (TPSA) is 98.9 Å². The number of nitrogens with zero attached hydrogens (tertiary/aromatic N) is 1. The molecule has 0 spiro atoms. The maximum atomic E-state index is 11.9. The van der Waals surface area contributed by atoms with Crippen LogP contribution < -0.4 is 19.5 Å². The molecular weight excluding hydrogens is 284 g/mol. The van der Waals surface area contributed by atoms with Gasteiger partial charge in [0, 0.05) is 6.07 Å². The van der Waals surface area contributed by atoms with Crippen LogP contribution in [0.1, 0.15) is 6.92 Å². The van der Waals surface area contributed by atoms with E-state index in [2.05, 4.69) is 0 Å². The molecule has 2 rings (SSSR count). The van der Waals surface area contributed by atoms with Gasteiger partial charge in [-0.05, 0) is 19.1 Å². The second kappa shape index (κ2) is 5.20. The number of hydrogen-bond acceptors (Lipinski definition) is 5. The molecule has 0 fully saturated rings. The van der Waals surface area contributed by atoms with Crippen LogP contribution in [0.3, 0.4) is 0 Å². The van der Waals surface area contributed by atoms with Gasteiger partial charge in [-0.1, -0.05) is 0 Å². The van der Waals surface area contributed by atoms with Crippen molar-refractivity contribution in [1.29, 1.82) is 0 Å². The molecule has 8 heteroatoms. The Balaban J connectivity index is 2.47. The number of anilines is 1. The molecule has 20 heavy (non-hydrogen) atoms. The van der Waals surface area contributed by atoms with Gasteiger partial charge in [0.25, 0.3) is 0 Å². The van der Waals surface area contributed by atoms with Gasteiger partial charge in [0.05, 0.1) is 11.9 Å². The number of amides is 1. The Morgan fingerprint density at radius 3 is 2.45 bits per heavy atom. The van der Waals surface area contributed by atoms with Crippen molar-refractivity contribution in [3.8, 4) is 11.5 Å². The predicted molar refractivity (Wildman–Crippen MR) is 73.4 cm³/mol. The first-order valence-corrected chi connectivity index (χ1v) is 7.84. The fourth-order valence-electron chi connectivity index (χ4n) is 1.99. The van der Waals surface area contributed by atoms with Gasteiger partial charge in [0.1, 0.15) is 19.3 Å². The molecule has 1 heterocycles. The van der Waals surface area contributed by atoms with Crippen LogP contribution in [0.5, 0.6) is 11.5 Å². The predicted octanol–water partition coefficient (Wildman–Crippen LogP) is 0.0976. The lowest BCUT2D eigenvalue weighted by atomic mass is 10.2. The van der Waals surface area contributed by atoms with Crippen LogP contribution in [0.4, 0.5) is 5.69 Å². The Hall–Kier alpha value is -1.96. The number of fused-ring (bicyclic) bond motifs is 1. The molecule has 1 aromatic rings. The van der Waals surface area contributed by atoms with Crippen LogP contribution in [-0.2, 0) is 14.8 Å².